The van der Waals surface area contributed by atoms with Crippen molar-refractivity contribution in [2.75, 3.05) is 18.0 Å². The minimum absolute atomic E-state index is 0.280. The zero-order valence-corrected chi connectivity index (χ0v) is 11.4. The summed E-state index contributed by atoms with van der Waals surface area (Å²) in [6.07, 6.45) is 1.72. The van der Waals surface area contributed by atoms with Crippen molar-refractivity contribution in [3.63, 3.8) is 0 Å². The number of aliphatic hydroxyl groups excluding tert-OH is 1. The molecule has 1 aromatic rings. The number of benzene rings is 1. The molecule has 18 heavy (non-hydrogen) atoms. The van der Waals surface area contributed by atoms with Crippen molar-refractivity contribution in [1.29, 1.82) is 0 Å². The van der Waals surface area contributed by atoms with E-state index in [9.17, 15) is 9.50 Å². The number of anilines is 1. The Hall–Kier alpha value is -1.09. The van der Waals surface area contributed by atoms with Crippen LogP contribution in [-0.4, -0.2) is 18.2 Å². The first kappa shape index (κ1) is 13.3. The monoisotopic (exact) mass is 251 g/mol. The highest BCUT2D eigenvalue weighted by atomic mass is 19.1. The zero-order valence-electron chi connectivity index (χ0n) is 11.4. The van der Waals surface area contributed by atoms with Gasteiger partial charge >= 0.3 is 0 Å². The maximum Gasteiger partial charge on any atom is 0.123 e. The predicted molar refractivity (Wildman–Crippen MR) is 72.3 cm³/mol. The van der Waals surface area contributed by atoms with Crippen LogP contribution in [0.1, 0.15) is 45.3 Å². The third-order valence-electron chi connectivity index (χ3n) is 3.68. The highest BCUT2D eigenvalue weighted by Gasteiger charge is 2.28. The Kier molecular flexibility index (Phi) is 3.62. The molecule has 0 aliphatic carbocycles. The molecule has 0 spiro atoms. The van der Waals surface area contributed by atoms with E-state index >= 15 is 0 Å². The van der Waals surface area contributed by atoms with E-state index in [1.165, 1.54) is 18.6 Å². The molecule has 2 nitrogen and oxygen atoms in total. The second-order valence-corrected chi connectivity index (χ2v) is 6.07. The highest BCUT2D eigenvalue weighted by Crippen LogP contribution is 2.35. The van der Waals surface area contributed by atoms with Crippen LogP contribution in [-0.2, 0) is 0 Å². The standard InChI is InChI=1S/C15H22FNO/c1-11(18)13-9-12(16)5-6-14(13)17-8-4-7-15(2,3)10-17/h5-6,9,11,18H,4,7-8,10H2,1-3H3/t11-/m0/s1. The van der Waals surface area contributed by atoms with Crippen molar-refractivity contribution < 1.29 is 9.50 Å². The van der Waals surface area contributed by atoms with Gasteiger partial charge in [0, 0.05) is 24.3 Å². The van der Waals surface area contributed by atoms with Crippen LogP contribution >= 0.6 is 0 Å². The number of halogens is 1. The van der Waals surface area contributed by atoms with Gasteiger partial charge in [0.15, 0.2) is 0 Å². The van der Waals surface area contributed by atoms with Crippen molar-refractivity contribution in [1.82, 2.24) is 0 Å². The van der Waals surface area contributed by atoms with Crippen LogP contribution in [0.5, 0.6) is 0 Å². The van der Waals surface area contributed by atoms with Gasteiger partial charge in [0.25, 0.3) is 0 Å². The van der Waals surface area contributed by atoms with Crippen molar-refractivity contribution >= 4 is 5.69 Å². The van der Waals surface area contributed by atoms with Crippen molar-refractivity contribution in [2.45, 2.75) is 39.7 Å². The fraction of sp³-hybridized carbons (Fsp3) is 0.600. The first-order valence-electron chi connectivity index (χ1n) is 6.61. The van der Waals surface area contributed by atoms with E-state index in [2.05, 4.69) is 18.7 Å². The van der Waals surface area contributed by atoms with E-state index in [-0.39, 0.29) is 11.2 Å². The summed E-state index contributed by atoms with van der Waals surface area (Å²) in [6.45, 7) is 8.13. The maximum absolute atomic E-state index is 13.3. The largest absolute Gasteiger partial charge is 0.389 e. The van der Waals surface area contributed by atoms with Gasteiger partial charge < -0.3 is 10.0 Å². The molecule has 3 heteroatoms. The summed E-state index contributed by atoms with van der Waals surface area (Å²) in [6, 6.07) is 4.71. The summed E-state index contributed by atoms with van der Waals surface area (Å²) in [5, 5.41) is 9.80. The van der Waals surface area contributed by atoms with Crippen LogP contribution in [0.15, 0.2) is 18.2 Å². The number of rotatable bonds is 2. The summed E-state index contributed by atoms with van der Waals surface area (Å²) < 4.78 is 13.3. The quantitative estimate of drug-likeness (QED) is 0.869. The molecule has 0 radical (unpaired) electrons. The summed E-state index contributed by atoms with van der Waals surface area (Å²) in [7, 11) is 0. The lowest BCUT2D eigenvalue weighted by Crippen LogP contribution is -2.40. The first-order chi connectivity index (χ1) is 8.39. The summed E-state index contributed by atoms with van der Waals surface area (Å²) in [5.41, 5.74) is 1.94. The van der Waals surface area contributed by atoms with Gasteiger partial charge in [-0.25, -0.2) is 4.39 Å². The second-order valence-electron chi connectivity index (χ2n) is 6.07. The molecule has 0 saturated carbocycles. The molecular formula is C15H22FNO. The molecule has 0 aromatic heterocycles. The molecule has 0 unspecified atom stereocenters. The van der Waals surface area contributed by atoms with E-state index in [1.54, 1.807) is 13.0 Å². The smallest absolute Gasteiger partial charge is 0.123 e. The Bertz CT molecular complexity index is 429. The lowest BCUT2D eigenvalue weighted by atomic mass is 9.83. The van der Waals surface area contributed by atoms with E-state index < -0.39 is 6.10 Å². The van der Waals surface area contributed by atoms with Crippen molar-refractivity contribution in [3.8, 4) is 0 Å². The average Bonchev–Trinajstić information content (AvgIpc) is 2.27. The molecule has 1 aliphatic rings. The van der Waals surface area contributed by atoms with Crippen LogP contribution in [0.4, 0.5) is 10.1 Å². The van der Waals surface area contributed by atoms with Gasteiger partial charge in [0.1, 0.15) is 5.82 Å². The van der Waals surface area contributed by atoms with Crippen molar-refractivity contribution in [2.24, 2.45) is 5.41 Å². The second kappa shape index (κ2) is 4.88. The SMILES string of the molecule is C[C@H](O)c1cc(F)ccc1N1CCCC(C)(C)C1. The number of piperidine rings is 1. The Balaban J connectivity index is 2.32. The topological polar surface area (TPSA) is 23.5 Å². The van der Waals surface area contributed by atoms with Crippen LogP contribution in [0, 0.1) is 11.2 Å². The average molecular weight is 251 g/mol. The Labute approximate surface area is 108 Å². The minimum Gasteiger partial charge on any atom is -0.389 e. The molecule has 0 amide bonds. The fourth-order valence-electron chi connectivity index (χ4n) is 2.78. The van der Waals surface area contributed by atoms with Crippen LogP contribution in [0.3, 0.4) is 0 Å². The van der Waals surface area contributed by atoms with E-state index in [4.69, 9.17) is 0 Å². The molecule has 100 valence electrons. The van der Waals surface area contributed by atoms with Crippen LogP contribution < -0.4 is 4.90 Å². The molecule has 1 atom stereocenters. The molecular weight excluding hydrogens is 229 g/mol. The summed E-state index contributed by atoms with van der Waals surface area (Å²) in [5.74, 6) is -0.286. The molecule has 1 fully saturated rings. The molecule has 2 rings (SSSR count). The van der Waals surface area contributed by atoms with Gasteiger partial charge in [0.05, 0.1) is 6.10 Å². The molecule has 1 aromatic carbocycles. The first-order valence-corrected chi connectivity index (χ1v) is 6.61. The molecule has 1 N–H and O–H groups in total. The molecule has 1 heterocycles. The summed E-state index contributed by atoms with van der Waals surface area (Å²) in [4.78, 5) is 2.27. The number of aliphatic hydroxyl groups is 1. The highest BCUT2D eigenvalue weighted by molar-refractivity contribution is 5.55. The third kappa shape index (κ3) is 2.83. The maximum atomic E-state index is 13.3. The lowest BCUT2D eigenvalue weighted by Gasteiger charge is -2.40. The predicted octanol–water partition coefficient (Wildman–Crippen LogP) is 3.51. The third-order valence-corrected chi connectivity index (χ3v) is 3.68. The van der Waals surface area contributed by atoms with Crippen LogP contribution in [0.2, 0.25) is 0 Å². The lowest BCUT2D eigenvalue weighted by molar-refractivity contribution is 0.198. The molecule has 1 saturated heterocycles. The number of nitrogens with zero attached hydrogens (tertiary/aromatic N) is 1. The Morgan fingerprint density at radius 2 is 2.11 bits per heavy atom. The van der Waals surface area contributed by atoms with Gasteiger partial charge in [0.2, 0.25) is 0 Å². The number of hydrogen-bond acceptors (Lipinski definition) is 2. The van der Waals surface area contributed by atoms with Gasteiger partial charge in [-0.15, -0.1) is 0 Å². The van der Waals surface area contributed by atoms with E-state index in [0.29, 0.717) is 5.56 Å². The van der Waals surface area contributed by atoms with E-state index in [0.717, 1.165) is 25.2 Å². The normalized spacial score (nSPS) is 20.8. The van der Waals surface area contributed by atoms with Gasteiger partial charge in [-0.05, 0) is 43.4 Å². The van der Waals surface area contributed by atoms with Gasteiger partial charge in [-0.3, -0.25) is 0 Å². The fourth-order valence-corrected chi connectivity index (χ4v) is 2.78. The Morgan fingerprint density at radius 1 is 1.39 bits per heavy atom. The van der Waals surface area contributed by atoms with Crippen LogP contribution in [0.25, 0.3) is 0 Å². The Morgan fingerprint density at radius 3 is 2.72 bits per heavy atom. The number of hydrogen-bond donors (Lipinski definition) is 1. The molecule has 1 aliphatic heterocycles. The van der Waals surface area contributed by atoms with Crippen molar-refractivity contribution in [3.05, 3.63) is 29.6 Å². The van der Waals surface area contributed by atoms with Gasteiger partial charge in [-0.2, -0.15) is 0 Å². The minimum atomic E-state index is -0.638. The van der Waals surface area contributed by atoms with E-state index in [1.807, 2.05) is 0 Å². The summed E-state index contributed by atoms with van der Waals surface area (Å²) >= 11 is 0. The molecule has 0 bridgehead atoms. The van der Waals surface area contributed by atoms with Gasteiger partial charge in [-0.1, -0.05) is 13.8 Å². The zero-order chi connectivity index (χ0) is 13.3.